The number of non-ortho nitro benzene ring substituents is 1. The molecule has 3 rings (SSSR count). The Morgan fingerprint density at radius 2 is 2.04 bits per heavy atom. The number of carbonyl (C=O) groups is 1. The van der Waals surface area contributed by atoms with Crippen LogP contribution in [0.15, 0.2) is 52.0 Å². The summed E-state index contributed by atoms with van der Waals surface area (Å²) in [5.74, 6) is 0.676. The average molecular weight is 367 g/mol. The first kappa shape index (κ1) is 18.1. The van der Waals surface area contributed by atoms with Crippen molar-refractivity contribution in [2.45, 2.75) is 20.4 Å². The maximum Gasteiger partial charge on any atom is 0.269 e. The van der Waals surface area contributed by atoms with Gasteiger partial charge in [-0.1, -0.05) is 0 Å². The van der Waals surface area contributed by atoms with E-state index in [1.807, 2.05) is 19.9 Å². The molecule has 0 saturated carbocycles. The van der Waals surface area contributed by atoms with Crippen LogP contribution < -0.4 is 5.43 Å². The normalized spacial score (nSPS) is 11.0. The minimum absolute atomic E-state index is 0.0115. The van der Waals surface area contributed by atoms with E-state index in [-0.39, 0.29) is 18.1 Å². The van der Waals surface area contributed by atoms with Crippen molar-refractivity contribution < 1.29 is 14.1 Å². The van der Waals surface area contributed by atoms with E-state index in [9.17, 15) is 14.9 Å². The van der Waals surface area contributed by atoms with Gasteiger partial charge in [0.1, 0.15) is 18.1 Å². The lowest BCUT2D eigenvalue weighted by atomic mass is 10.1. The van der Waals surface area contributed by atoms with Gasteiger partial charge in [-0.2, -0.15) is 10.2 Å². The highest BCUT2D eigenvalue weighted by Crippen LogP contribution is 2.23. The van der Waals surface area contributed by atoms with Gasteiger partial charge in [0.25, 0.3) is 11.6 Å². The molecular weight excluding hydrogens is 350 g/mol. The lowest BCUT2D eigenvalue weighted by Crippen LogP contribution is -2.24. The van der Waals surface area contributed by atoms with Gasteiger partial charge in [-0.05, 0) is 44.2 Å². The van der Waals surface area contributed by atoms with Crippen molar-refractivity contribution in [3.05, 3.63) is 69.7 Å². The number of hydrogen-bond acceptors (Lipinski definition) is 6. The second kappa shape index (κ2) is 7.65. The first-order valence-corrected chi connectivity index (χ1v) is 8.10. The standard InChI is InChI=1S/C18H17N5O4/c1-12-9-13(2)22(21-12)11-18(24)20-19-10-16-7-8-17(27-16)14-3-5-15(6-4-14)23(25)26/h3-10H,11H2,1-2H3,(H,20,24)/b19-10+. The van der Waals surface area contributed by atoms with Crippen LogP contribution in [0.2, 0.25) is 0 Å². The van der Waals surface area contributed by atoms with Crippen molar-refractivity contribution >= 4 is 17.8 Å². The summed E-state index contributed by atoms with van der Waals surface area (Å²) in [6.45, 7) is 3.81. The Morgan fingerprint density at radius 3 is 2.67 bits per heavy atom. The van der Waals surface area contributed by atoms with Gasteiger partial charge in [0.2, 0.25) is 0 Å². The van der Waals surface area contributed by atoms with Crippen LogP contribution in [0.25, 0.3) is 11.3 Å². The van der Waals surface area contributed by atoms with E-state index in [4.69, 9.17) is 4.42 Å². The van der Waals surface area contributed by atoms with Crippen LogP contribution in [0.1, 0.15) is 17.1 Å². The summed E-state index contributed by atoms with van der Waals surface area (Å²) in [5.41, 5.74) is 4.87. The maximum atomic E-state index is 11.9. The van der Waals surface area contributed by atoms with Crippen molar-refractivity contribution in [1.29, 1.82) is 0 Å². The molecule has 0 atom stereocenters. The summed E-state index contributed by atoms with van der Waals surface area (Å²) in [5, 5.41) is 18.8. The summed E-state index contributed by atoms with van der Waals surface area (Å²) < 4.78 is 7.20. The van der Waals surface area contributed by atoms with Crippen LogP contribution >= 0.6 is 0 Å². The van der Waals surface area contributed by atoms with Crippen LogP contribution in [-0.4, -0.2) is 26.8 Å². The molecule has 3 aromatic rings. The lowest BCUT2D eigenvalue weighted by molar-refractivity contribution is -0.384. The van der Waals surface area contributed by atoms with Gasteiger partial charge in [-0.3, -0.25) is 19.6 Å². The minimum Gasteiger partial charge on any atom is -0.455 e. The number of amides is 1. The molecule has 9 heteroatoms. The molecule has 0 spiro atoms. The predicted octanol–water partition coefficient (Wildman–Crippen LogP) is 2.82. The van der Waals surface area contributed by atoms with Gasteiger partial charge in [0, 0.05) is 23.4 Å². The molecule has 0 bridgehead atoms. The Morgan fingerprint density at radius 1 is 1.30 bits per heavy atom. The van der Waals surface area contributed by atoms with Crippen LogP contribution in [-0.2, 0) is 11.3 Å². The molecule has 2 heterocycles. The van der Waals surface area contributed by atoms with Crippen molar-refractivity contribution in [3.63, 3.8) is 0 Å². The van der Waals surface area contributed by atoms with Crippen LogP contribution in [0.5, 0.6) is 0 Å². The van der Waals surface area contributed by atoms with Crippen LogP contribution in [0, 0.1) is 24.0 Å². The Kier molecular flexibility index (Phi) is 5.11. The lowest BCUT2D eigenvalue weighted by Gasteiger charge is -2.02. The predicted molar refractivity (Wildman–Crippen MR) is 98.2 cm³/mol. The number of furan rings is 1. The van der Waals surface area contributed by atoms with E-state index >= 15 is 0 Å². The zero-order valence-corrected chi connectivity index (χ0v) is 14.7. The molecule has 0 saturated heterocycles. The highest BCUT2D eigenvalue weighted by molar-refractivity contribution is 5.81. The Hall–Kier alpha value is -3.75. The molecule has 9 nitrogen and oxygen atoms in total. The number of aromatic nitrogens is 2. The summed E-state index contributed by atoms with van der Waals surface area (Å²) in [6, 6.07) is 11.3. The number of hydrogen-bond donors (Lipinski definition) is 1. The molecule has 0 aliphatic rings. The van der Waals surface area contributed by atoms with E-state index in [0.29, 0.717) is 17.1 Å². The summed E-state index contributed by atoms with van der Waals surface area (Å²) >= 11 is 0. The molecule has 0 aliphatic carbocycles. The third-order valence-corrected chi connectivity index (χ3v) is 3.77. The maximum absolute atomic E-state index is 11.9. The fourth-order valence-corrected chi connectivity index (χ4v) is 2.50. The van der Waals surface area contributed by atoms with Gasteiger partial charge >= 0.3 is 0 Å². The monoisotopic (exact) mass is 367 g/mol. The molecule has 0 aliphatic heterocycles. The molecule has 27 heavy (non-hydrogen) atoms. The number of carbonyl (C=O) groups excluding carboxylic acids is 1. The molecule has 1 N–H and O–H groups in total. The van der Waals surface area contributed by atoms with Gasteiger partial charge in [0.05, 0.1) is 16.8 Å². The zero-order chi connectivity index (χ0) is 19.4. The number of benzene rings is 1. The smallest absolute Gasteiger partial charge is 0.269 e. The van der Waals surface area contributed by atoms with Gasteiger partial charge < -0.3 is 4.42 Å². The molecule has 0 unspecified atom stereocenters. The van der Waals surface area contributed by atoms with Gasteiger partial charge in [-0.15, -0.1) is 0 Å². The first-order chi connectivity index (χ1) is 12.9. The number of nitrogens with one attached hydrogen (secondary N) is 1. The number of nitro groups is 1. The largest absolute Gasteiger partial charge is 0.455 e. The number of nitro benzene ring substituents is 1. The van der Waals surface area contributed by atoms with E-state index in [2.05, 4.69) is 15.6 Å². The number of nitrogens with zero attached hydrogens (tertiary/aromatic N) is 4. The Balaban J connectivity index is 1.59. The van der Waals surface area contributed by atoms with Crippen molar-refractivity contribution in [2.75, 3.05) is 0 Å². The van der Waals surface area contributed by atoms with Gasteiger partial charge in [-0.25, -0.2) is 5.43 Å². The third kappa shape index (κ3) is 4.46. The summed E-state index contributed by atoms with van der Waals surface area (Å²) in [7, 11) is 0. The average Bonchev–Trinajstić information content (AvgIpc) is 3.21. The van der Waals surface area contributed by atoms with Crippen molar-refractivity contribution in [3.8, 4) is 11.3 Å². The highest BCUT2D eigenvalue weighted by Gasteiger charge is 2.08. The molecule has 0 fully saturated rings. The summed E-state index contributed by atoms with van der Waals surface area (Å²) in [4.78, 5) is 22.1. The van der Waals surface area contributed by atoms with Crippen LogP contribution in [0.3, 0.4) is 0 Å². The quantitative estimate of drug-likeness (QED) is 0.408. The second-order valence-corrected chi connectivity index (χ2v) is 5.88. The fourth-order valence-electron chi connectivity index (χ4n) is 2.50. The number of aryl methyl sites for hydroxylation is 2. The third-order valence-electron chi connectivity index (χ3n) is 3.77. The molecule has 2 aromatic heterocycles. The minimum atomic E-state index is -0.460. The SMILES string of the molecule is Cc1cc(C)n(CC(=O)N/N=C/c2ccc(-c3ccc([N+](=O)[O-])cc3)o2)n1. The fraction of sp³-hybridized carbons (Fsp3) is 0.167. The topological polar surface area (TPSA) is 116 Å². The molecule has 1 amide bonds. The van der Waals surface area contributed by atoms with E-state index in [1.54, 1.807) is 28.9 Å². The van der Waals surface area contributed by atoms with E-state index in [1.165, 1.54) is 18.3 Å². The molecule has 0 radical (unpaired) electrons. The summed E-state index contributed by atoms with van der Waals surface area (Å²) in [6.07, 6.45) is 1.38. The molecule has 1 aromatic carbocycles. The zero-order valence-electron chi connectivity index (χ0n) is 14.7. The molecular formula is C18H17N5O4. The van der Waals surface area contributed by atoms with Crippen molar-refractivity contribution in [2.24, 2.45) is 5.10 Å². The van der Waals surface area contributed by atoms with Crippen molar-refractivity contribution in [1.82, 2.24) is 15.2 Å². The highest BCUT2D eigenvalue weighted by atomic mass is 16.6. The number of rotatable bonds is 6. The van der Waals surface area contributed by atoms with E-state index < -0.39 is 4.92 Å². The Labute approximate surface area is 154 Å². The van der Waals surface area contributed by atoms with Crippen LogP contribution in [0.4, 0.5) is 5.69 Å². The first-order valence-electron chi connectivity index (χ1n) is 8.10. The number of hydrazone groups is 1. The van der Waals surface area contributed by atoms with Gasteiger partial charge in [0.15, 0.2) is 0 Å². The molecule has 138 valence electrons. The second-order valence-electron chi connectivity index (χ2n) is 5.88. The Bertz CT molecular complexity index is 1000. The van der Waals surface area contributed by atoms with E-state index in [0.717, 1.165) is 11.4 Å².